The van der Waals surface area contributed by atoms with E-state index in [4.69, 9.17) is 24.5 Å². The van der Waals surface area contributed by atoms with Crippen LogP contribution in [0.25, 0.3) is 0 Å². The first-order chi connectivity index (χ1) is 18.5. The Labute approximate surface area is 228 Å². The maximum Gasteiger partial charge on any atom is 0.490 e. The molecule has 10 nitrogen and oxygen atoms in total. The molecule has 4 rings (SSSR count). The number of ether oxygens (including phenoxy) is 1. The lowest BCUT2D eigenvalue weighted by molar-refractivity contribution is -0.193. The van der Waals surface area contributed by atoms with Gasteiger partial charge in [-0.25, -0.2) is 9.59 Å². The summed E-state index contributed by atoms with van der Waals surface area (Å²) in [7, 11) is 1.78. The number of aliphatic carboxylic acids is 2. The van der Waals surface area contributed by atoms with Gasteiger partial charge in [0, 0.05) is 50.9 Å². The smallest absolute Gasteiger partial charge is 0.475 e. The van der Waals surface area contributed by atoms with Crippen LogP contribution in [0.2, 0.25) is 0 Å². The van der Waals surface area contributed by atoms with E-state index in [-0.39, 0.29) is 11.5 Å². The average Bonchev–Trinajstić information content (AvgIpc) is 3.54. The predicted octanol–water partition coefficient (Wildman–Crippen LogP) is 3.47. The second-order valence-electron chi connectivity index (χ2n) is 9.06. The predicted molar refractivity (Wildman–Crippen MR) is 129 cm³/mol. The van der Waals surface area contributed by atoms with Crippen LogP contribution in [0.3, 0.4) is 0 Å². The number of carboxylic acids is 2. The summed E-state index contributed by atoms with van der Waals surface area (Å²) in [6.07, 6.45) is -6.46. The van der Waals surface area contributed by atoms with E-state index in [0.29, 0.717) is 18.2 Å². The highest BCUT2D eigenvalue weighted by molar-refractivity contribution is 7.10. The number of carbonyl (C=O) groups excluding carboxylic acids is 1. The Hall–Kier alpha value is -3.18. The molecule has 40 heavy (non-hydrogen) atoms. The lowest BCUT2D eigenvalue weighted by Gasteiger charge is -2.50. The van der Waals surface area contributed by atoms with Crippen LogP contribution in [0.5, 0.6) is 0 Å². The minimum Gasteiger partial charge on any atom is -0.475 e. The number of aromatic nitrogens is 2. The highest BCUT2D eigenvalue weighted by atomic mass is 32.1. The van der Waals surface area contributed by atoms with E-state index in [1.165, 1.54) is 10.4 Å². The number of alkyl halides is 6. The number of rotatable bonds is 6. The molecule has 1 unspecified atom stereocenters. The minimum atomic E-state index is -5.08. The number of nitrogens with one attached hydrogen (secondary N) is 1. The first-order valence-corrected chi connectivity index (χ1v) is 12.6. The third-order valence-corrected chi connectivity index (χ3v) is 7.24. The Balaban J connectivity index is 0.000000333. The Morgan fingerprint density at radius 1 is 1.12 bits per heavy atom. The van der Waals surface area contributed by atoms with E-state index in [0.717, 1.165) is 39.1 Å². The highest BCUT2D eigenvalue weighted by Gasteiger charge is 2.52. The van der Waals surface area contributed by atoms with Gasteiger partial charge in [0.2, 0.25) is 0 Å². The van der Waals surface area contributed by atoms with Gasteiger partial charge in [0.15, 0.2) is 0 Å². The molecule has 3 N–H and O–H groups in total. The monoisotopic (exact) mass is 602 g/mol. The first kappa shape index (κ1) is 33.0. The summed E-state index contributed by atoms with van der Waals surface area (Å²) in [5, 5.41) is 23.5. The standard InChI is InChI=1S/C19H26N4O2S.2C2HF3O2/c1-14-6-10-26-17(14)11-23-12-19(13-23)15(5-9-25-19)3-7-20-18(24)16-4-8-21-22(16)2;2*3-2(4,5)1(6)7/h4,6,8,10,15H,3,5,7,9,11-13H2,1-2H3,(H,20,24);2*(H,6,7). The molecular weight excluding hydrogens is 574 g/mol. The molecule has 224 valence electrons. The Kier molecular flexibility index (Phi) is 11.1. The molecule has 1 amide bonds. The quantitative estimate of drug-likeness (QED) is 0.428. The van der Waals surface area contributed by atoms with Crippen LogP contribution >= 0.6 is 11.3 Å². The van der Waals surface area contributed by atoms with Crippen molar-refractivity contribution < 1.29 is 55.7 Å². The van der Waals surface area contributed by atoms with E-state index >= 15 is 0 Å². The van der Waals surface area contributed by atoms with Gasteiger partial charge in [-0.1, -0.05) is 0 Å². The number of amides is 1. The van der Waals surface area contributed by atoms with Crippen LogP contribution in [-0.4, -0.2) is 86.9 Å². The van der Waals surface area contributed by atoms with Crippen molar-refractivity contribution in [2.24, 2.45) is 13.0 Å². The molecule has 0 radical (unpaired) electrons. The van der Waals surface area contributed by atoms with Gasteiger partial charge in [-0.3, -0.25) is 14.4 Å². The Morgan fingerprint density at radius 2 is 1.70 bits per heavy atom. The number of halogens is 6. The Bertz CT molecular complexity index is 1140. The Morgan fingerprint density at radius 3 is 2.15 bits per heavy atom. The van der Waals surface area contributed by atoms with Gasteiger partial charge in [-0.2, -0.15) is 31.4 Å². The lowest BCUT2D eigenvalue weighted by Crippen LogP contribution is -2.64. The maximum absolute atomic E-state index is 12.2. The van der Waals surface area contributed by atoms with Gasteiger partial charge in [0.05, 0.1) is 5.60 Å². The average molecular weight is 603 g/mol. The number of carboxylic acid groups (broad SMARTS) is 2. The van der Waals surface area contributed by atoms with Crippen LogP contribution in [0.1, 0.15) is 33.8 Å². The van der Waals surface area contributed by atoms with Crippen molar-refractivity contribution in [3.8, 4) is 0 Å². The van der Waals surface area contributed by atoms with Crippen molar-refractivity contribution >= 4 is 29.2 Å². The number of nitrogens with zero attached hydrogens (tertiary/aromatic N) is 3. The molecular formula is C23H28F6N4O6S. The summed E-state index contributed by atoms with van der Waals surface area (Å²) in [4.78, 5) is 33.9. The number of hydrogen-bond donors (Lipinski definition) is 3. The maximum atomic E-state index is 12.2. The molecule has 0 aliphatic carbocycles. The second kappa shape index (κ2) is 13.5. The number of likely N-dealkylation sites (tertiary alicyclic amines) is 1. The van der Waals surface area contributed by atoms with Crippen LogP contribution in [0.4, 0.5) is 26.3 Å². The van der Waals surface area contributed by atoms with Crippen molar-refractivity contribution in [3.63, 3.8) is 0 Å². The summed E-state index contributed by atoms with van der Waals surface area (Å²) in [6.45, 7) is 6.74. The SMILES string of the molecule is Cc1ccsc1CN1CC2(C1)OCCC2CCNC(=O)c1ccnn1C.O=C(O)C(F)(F)F.O=C(O)C(F)(F)F. The van der Waals surface area contributed by atoms with Gasteiger partial charge in [0.25, 0.3) is 5.91 Å². The van der Waals surface area contributed by atoms with E-state index < -0.39 is 24.3 Å². The molecule has 0 saturated carbocycles. The molecule has 0 aromatic carbocycles. The third kappa shape index (κ3) is 9.19. The van der Waals surface area contributed by atoms with Crippen molar-refractivity contribution in [2.75, 3.05) is 26.2 Å². The molecule has 17 heteroatoms. The van der Waals surface area contributed by atoms with E-state index in [1.54, 1.807) is 24.0 Å². The summed E-state index contributed by atoms with van der Waals surface area (Å²) in [6, 6.07) is 3.93. The van der Waals surface area contributed by atoms with E-state index in [2.05, 4.69) is 33.7 Å². The first-order valence-electron chi connectivity index (χ1n) is 11.7. The largest absolute Gasteiger partial charge is 0.490 e. The zero-order chi connectivity index (χ0) is 30.3. The van der Waals surface area contributed by atoms with Crippen LogP contribution in [0.15, 0.2) is 23.7 Å². The molecule has 1 atom stereocenters. The van der Waals surface area contributed by atoms with E-state index in [9.17, 15) is 31.1 Å². The fourth-order valence-electron chi connectivity index (χ4n) is 4.18. The van der Waals surface area contributed by atoms with Crippen LogP contribution < -0.4 is 5.32 Å². The third-order valence-electron chi connectivity index (χ3n) is 6.23. The van der Waals surface area contributed by atoms with Crippen LogP contribution in [-0.2, 0) is 27.9 Å². The second-order valence-corrected chi connectivity index (χ2v) is 10.1. The zero-order valence-corrected chi connectivity index (χ0v) is 22.2. The van der Waals surface area contributed by atoms with Gasteiger partial charge < -0.3 is 20.3 Å². The minimum absolute atomic E-state index is 0.00240. The normalized spacial score (nSPS) is 18.1. The topological polar surface area (TPSA) is 134 Å². The molecule has 2 aliphatic rings. The lowest BCUT2D eigenvalue weighted by atomic mass is 9.79. The van der Waals surface area contributed by atoms with Crippen molar-refractivity contribution in [1.29, 1.82) is 0 Å². The number of carbonyl (C=O) groups is 3. The van der Waals surface area contributed by atoms with Gasteiger partial charge in [0.1, 0.15) is 5.69 Å². The molecule has 1 spiro atoms. The summed E-state index contributed by atoms with van der Waals surface area (Å²) >= 11 is 1.84. The van der Waals surface area contributed by atoms with Gasteiger partial charge in [-0.15, -0.1) is 11.3 Å². The molecule has 2 fully saturated rings. The number of hydrogen-bond acceptors (Lipinski definition) is 7. The molecule has 2 aromatic rings. The van der Waals surface area contributed by atoms with Crippen molar-refractivity contribution in [2.45, 2.75) is 44.3 Å². The molecule has 0 bridgehead atoms. The van der Waals surface area contributed by atoms with Gasteiger partial charge >= 0.3 is 24.3 Å². The number of aryl methyl sites for hydroxylation is 2. The van der Waals surface area contributed by atoms with Crippen molar-refractivity contribution in [1.82, 2.24) is 20.0 Å². The zero-order valence-electron chi connectivity index (χ0n) is 21.4. The fraction of sp³-hybridized carbons (Fsp3) is 0.565. The molecule has 2 saturated heterocycles. The molecule has 2 aliphatic heterocycles. The van der Waals surface area contributed by atoms with E-state index in [1.807, 2.05) is 11.3 Å². The highest BCUT2D eigenvalue weighted by Crippen LogP contribution is 2.42. The fourth-order valence-corrected chi connectivity index (χ4v) is 5.13. The summed E-state index contributed by atoms with van der Waals surface area (Å²) < 4.78 is 71.2. The summed E-state index contributed by atoms with van der Waals surface area (Å²) in [5.41, 5.74) is 1.99. The molecule has 2 aromatic heterocycles. The molecule has 4 heterocycles. The summed E-state index contributed by atoms with van der Waals surface area (Å²) in [5.74, 6) is -5.05. The van der Waals surface area contributed by atoms with Crippen molar-refractivity contribution in [3.05, 3.63) is 39.8 Å². The number of thiophene rings is 1. The van der Waals surface area contributed by atoms with Crippen LogP contribution in [0, 0.1) is 12.8 Å². The van der Waals surface area contributed by atoms with Gasteiger partial charge in [-0.05, 0) is 48.8 Å².